The van der Waals surface area contributed by atoms with Crippen molar-refractivity contribution in [2.45, 2.75) is 45.7 Å². The normalized spacial score (nSPS) is 16.5. The third kappa shape index (κ3) is 2.89. The number of carboxylic acid groups (broad SMARTS) is 1. The van der Waals surface area contributed by atoms with Crippen molar-refractivity contribution in [3.63, 3.8) is 0 Å². The Hall–Kier alpha value is -0.570. The molecule has 0 aromatic rings. The predicted molar refractivity (Wildman–Crippen MR) is 44.6 cm³/mol. The van der Waals surface area contributed by atoms with Crippen LogP contribution in [0.5, 0.6) is 0 Å². The Labute approximate surface area is 67.8 Å². The molecule has 0 amide bonds. The first kappa shape index (κ1) is 10.4. The Morgan fingerprint density at radius 1 is 1.64 bits per heavy atom. The molecule has 1 atom stereocenters. The number of nitrogens with one attached hydrogen (secondary N) is 1. The molecular formula is C8H17NO2. The fourth-order valence-corrected chi connectivity index (χ4v) is 0.952. The summed E-state index contributed by atoms with van der Waals surface area (Å²) in [5.41, 5.74) is -0.770. The van der Waals surface area contributed by atoms with Crippen molar-refractivity contribution in [3.05, 3.63) is 0 Å². The van der Waals surface area contributed by atoms with E-state index < -0.39 is 11.5 Å². The van der Waals surface area contributed by atoms with Crippen molar-refractivity contribution >= 4 is 5.97 Å². The summed E-state index contributed by atoms with van der Waals surface area (Å²) in [6.07, 6.45) is 0.598. The molecule has 0 rings (SSSR count). The highest BCUT2D eigenvalue weighted by atomic mass is 16.4. The van der Waals surface area contributed by atoms with Gasteiger partial charge in [0.15, 0.2) is 0 Å². The van der Waals surface area contributed by atoms with Gasteiger partial charge in [-0.2, -0.15) is 0 Å². The average molecular weight is 159 g/mol. The van der Waals surface area contributed by atoms with Crippen LogP contribution in [0, 0.1) is 0 Å². The van der Waals surface area contributed by atoms with Crippen molar-refractivity contribution in [1.82, 2.24) is 5.32 Å². The molecule has 0 saturated heterocycles. The molecule has 0 aromatic heterocycles. The summed E-state index contributed by atoms with van der Waals surface area (Å²) in [4.78, 5) is 10.7. The maximum absolute atomic E-state index is 10.7. The molecule has 0 heterocycles. The molecule has 0 spiro atoms. The topological polar surface area (TPSA) is 49.3 Å². The highest BCUT2D eigenvalue weighted by molar-refractivity contribution is 5.78. The summed E-state index contributed by atoms with van der Waals surface area (Å²) >= 11 is 0. The Morgan fingerprint density at radius 3 is 2.18 bits per heavy atom. The smallest absolute Gasteiger partial charge is 0.323 e. The maximum Gasteiger partial charge on any atom is 0.323 e. The third-order valence-corrected chi connectivity index (χ3v) is 1.79. The van der Waals surface area contributed by atoms with E-state index in [1.54, 1.807) is 6.92 Å². The van der Waals surface area contributed by atoms with E-state index >= 15 is 0 Å². The second kappa shape index (κ2) is 3.72. The quantitative estimate of drug-likeness (QED) is 0.648. The maximum atomic E-state index is 10.7. The van der Waals surface area contributed by atoms with Crippen LogP contribution < -0.4 is 5.32 Å². The van der Waals surface area contributed by atoms with Gasteiger partial charge in [-0.25, -0.2) is 0 Å². The van der Waals surface area contributed by atoms with Crippen LogP contribution >= 0.6 is 0 Å². The van der Waals surface area contributed by atoms with Gasteiger partial charge < -0.3 is 5.11 Å². The average Bonchev–Trinajstić information content (AvgIpc) is 1.86. The standard InChI is InChI=1S/C8H17NO2/c1-5-8(4,7(10)11)9-6(2)3/h6,9H,5H2,1-4H3,(H,10,11). The Kier molecular flexibility index (Phi) is 3.52. The van der Waals surface area contributed by atoms with Gasteiger partial charge in [-0.15, -0.1) is 0 Å². The van der Waals surface area contributed by atoms with Gasteiger partial charge in [-0.1, -0.05) is 6.92 Å². The molecule has 0 radical (unpaired) electrons. The van der Waals surface area contributed by atoms with E-state index in [1.165, 1.54) is 0 Å². The molecule has 2 N–H and O–H groups in total. The van der Waals surface area contributed by atoms with Gasteiger partial charge in [0.05, 0.1) is 0 Å². The number of carboxylic acids is 1. The van der Waals surface area contributed by atoms with E-state index in [-0.39, 0.29) is 6.04 Å². The van der Waals surface area contributed by atoms with Crippen LogP contribution in [0.4, 0.5) is 0 Å². The van der Waals surface area contributed by atoms with Gasteiger partial charge in [-0.05, 0) is 27.2 Å². The lowest BCUT2D eigenvalue weighted by Gasteiger charge is -2.26. The van der Waals surface area contributed by atoms with Gasteiger partial charge in [0, 0.05) is 6.04 Å². The molecule has 3 nitrogen and oxygen atoms in total. The molecule has 66 valence electrons. The molecule has 11 heavy (non-hydrogen) atoms. The number of aliphatic carboxylic acids is 1. The Morgan fingerprint density at radius 2 is 2.09 bits per heavy atom. The fraction of sp³-hybridized carbons (Fsp3) is 0.875. The van der Waals surface area contributed by atoms with Crippen LogP contribution in [0.1, 0.15) is 34.1 Å². The van der Waals surface area contributed by atoms with Crippen LogP contribution in [0.15, 0.2) is 0 Å². The lowest BCUT2D eigenvalue weighted by molar-refractivity contribution is -0.144. The van der Waals surface area contributed by atoms with Crippen molar-refractivity contribution < 1.29 is 9.90 Å². The molecule has 0 aliphatic carbocycles. The van der Waals surface area contributed by atoms with Gasteiger partial charge in [0.2, 0.25) is 0 Å². The van der Waals surface area contributed by atoms with Crippen molar-refractivity contribution in [2.24, 2.45) is 0 Å². The summed E-state index contributed by atoms with van der Waals surface area (Å²) in [6, 6.07) is 0.205. The van der Waals surface area contributed by atoms with Gasteiger partial charge in [-0.3, -0.25) is 10.1 Å². The van der Waals surface area contributed by atoms with Crippen molar-refractivity contribution in [3.8, 4) is 0 Å². The SMILES string of the molecule is CCC(C)(NC(C)C)C(=O)O. The summed E-state index contributed by atoms with van der Waals surface area (Å²) < 4.78 is 0. The summed E-state index contributed by atoms with van der Waals surface area (Å²) in [5, 5.41) is 11.8. The van der Waals surface area contributed by atoms with E-state index in [9.17, 15) is 4.79 Å². The van der Waals surface area contributed by atoms with Crippen LogP contribution in [0.3, 0.4) is 0 Å². The molecule has 0 fully saturated rings. The minimum absolute atomic E-state index is 0.205. The second-order valence-corrected chi connectivity index (χ2v) is 3.29. The monoisotopic (exact) mass is 159 g/mol. The van der Waals surface area contributed by atoms with Crippen LogP contribution in [-0.4, -0.2) is 22.7 Å². The number of rotatable bonds is 4. The van der Waals surface area contributed by atoms with Gasteiger partial charge in [0.1, 0.15) is 5.54 Å². The lowest BCUT2D eigenvalue weighted by atomic mass is 9.98. The van der Waals surface area contributed by atoms with Gasteiger partial charge >= 0.3 is 5.97 Å². The summed E-state index contributed by atoms with van der Waals surface area (Å²) in [7, 11) is 0. The number of hydrogen-bond donors (Lipinski definition) is 2. The van der Waals surface area contributed by atoms with E-state index in [1.807, 2.05) is 20.8 Å². The Bertz CT molecular complexity index is 145. The van der Waals surface area contributed by atoms with Gasteiger partial charge in [0.25, 0.3) is 0 Å². The van der Waals surface area contributed by atoms with Crippen molar-refractivity contribution in [1.29, 1.82) is 0 Å². The van der Waals surface area contributed by atoms with Crippen LogP contribution in [-0.2, 0) is 4.79 Å². The second-order valence-electron chi connectivity index (χ2n) is 3.29. The first-order valence-electron chi connectivity index (χ1n) is 3.93. The molecule has 0 aromatic carbocycles. The highest BCUT2D eigenvalue weighted by Gasteiger charge is 2.30. The number of carbonyl (C=O) groups is 1. The summed E-state index contributed by atoms with van der Waals surface area (Å²) in [6.45, 7) is 7.45. The first-order chi connectivity index (χ1) is 4.92. The molecule has 0 aliphatic heterocycles. The predicted octanol–water partition coefficient (Wildman–Crippen LogP) is 1.24. The Balaban J connectivity index is 4.22. The zero-order valence-electron chi connectivity index (χ0n) is 7.64. The molecule has 0 aliphatic rings. The van der Waals surface area contributed by atoms with Crippen molar-refractivity contribution in [2.75, 3.05) is 0 Å². The minimum atomic E-state index is -0.784. The largest absolute Gasteiger partial charge is 0.480 e. The van der Waals surface area contributed by atoms with E-state index in [4.69, 9.17) is 5.11 Å². The van der Waals surface area contributed by atoms with E-state index in [0.717, 1.165) is 0 Å². The van der Waals surface area contributed by atoms with E-state index in [2.05, 4.69) is 5.32 Å². The highest BCUT2D eigenvalue weighted by Crippen LogP contribution is 2.09. The van der Waals surface area contributed by atoms with E-state index in [0.29, 0.717) is 6.42 Å². The first-order valence-corrected chi connectivity index (χ1v) is 3.93. The zero-order valence-corrected chi connectivity index (χ0v) is 7.64. The fourth-order valence-electron chi connectivity index (χ4n) is 0.952. The van der Waals surface area contributed by atoms with Crippen LogP contribution in [0.25, 0.3) is 0 Å². The summed E-state index contributed by atoms with van der Waals surface area (Å²) in [5.74, 6) is -0.784. The minimum Gasteiger partial charge on any atom is -0.480 e. The number of hydrogen-bond acceptors (Lipinski definition) is 2. The lowest BCUT2D eigenvalue weighted by Crippen LogP contribution is -2.51. The van der Waals surface area contributed by atoms with Crippen LogP contribution in [0.2, 0.25) is 0 Å². The third-order valence-electron chi connectivity index (χ3n) is 1.79. The molecule has 3 heteroatoms. The molecule has 0 bridgehead atoms. The molecule has 1 unspecified atom stereocenters. The molecule has 0 saturated carbocycles. The molecular weight excluding hydrogens is 142 g/mol. The zero-order chi connectivity index (χ0) is 9.07.